The maximum absolute atomic E-state index is 17.0. The predicted molar refractivity (Wildman–Crippen MR) is 256 cm³/mol. The van der Waals surface area contributed by atoms with Gasteiger partial charge in [0, 0.05) is 73.8 Å². The lowest BCUT2D eigenvalue weighted by Crippen LogP contribution is -1.99. The molecule has 4 heterocycles. The Morgan fingerprint density at radius 1 is 0.468 bits per heavy atom. The molecule has 11 heteroatoms. The van der Waals surface area contributed by atoms with Gasteiger partial charge in [-0.1, -0.05) is 104 Å². The van der Waals surface area contributed by atoms with E-state index < -0.39 is 23.3 Å². The summed E-state index contributed by atoms with van der Waals surface area (Å²) in [4.78, 5) is 6.42. The second-order valence-electron chi connectivity index (χ2n) is 15.0. The lowest BCUT2D eigenvalue weighted by Gasteiger charge is -2.19. The summed E-state index contributed by atoms with van der Waals surface area (Å²) in [6, 6.07) is 37.4. The van der Waals surface area contributed by atoms with Crippen molar-refractivity contribution in [2.45, 2.75) is 55.4 Å². The molecule has 10 rings (SSSR count). The van der Waals surface area contributed by atoms with E-state index in [9.17, 15) is 0 Å². The van der Waals surface area contributed by atoms with E-state index >= 15 is 17.6 Å². The van der Waals surface area contributed by atoms with Gasteiger partial charge in [0.15, 0.2) is 23.3 Å². The molecule has 0 atom stereocenters. The molecule has 6 aromatic carbocycles. The van der Waals surface area contributed by atoms with E-state index in [0.29, 0.717) is 45.7 Å². The van der Waals surface area contributed by atoms with Crippen molar-refractivity contribution in [3.63, 3.8) is 0 Å². The van der Waals surface area contributed by atoms with Crippen LogP contribution in [0.4, 0.5) is 17.6 Å². The highest BCUT2D eigenvalue weighted by Gasteiger charge is 2.37. The summed E-state index contributed by atoms with van der Waals surface area (Å²) in [6.07, 6.45) is 1.93. The summed E-state index contributed by atoms with van der Waals surface area (Å²) in [5.74, 6) is -3.15. The lowest BCUT2D eigenvalue weighted by atomic mass is 9.90. The minimum Gasteiger partial charge on any atom is -0.494 e. The highest BCUT2D eigenvalue weighted by atomic mass is 32.2. The maximum atomic E-state index is 17.0. The molecular weight excluding hydrogens is 897 g/mol. The number of halogens is 4. The molecule has 0 unspecified atom stereocenters. The molecule has 0 aliphatic carbocycles. The molecule has 2 aliphatic rings. The number of hydrogen-bond donors (Lipinski definition) is 0. The molecule has 0 bridgehead atoms. The zero-order valence-electron chi connectivity index (χ0n) is 33.3. The highest BCUT2D eigenvalue weighted by Crippen LogP contribution is 2.65. The van der Waals surface area contributed by atoms with Crippen molar-refractivity contribution in [1.29, 1.82) is 0 Å². The molecule has 1 nitrogen and oxygen atoms in total. The number of rotatable bonds is 11. The topological polar surface area (TPSA) is 9.23 Å². The zero-order valence-corrected chi connectivity index (χ0v) is 38.2. The second-order valence-corrected chi connectivity index (χ2v) is 22.0. The van der Waals surface area contributed by atoms with Gasteiger partial charge < -0.3 is 4.74 Å². The highest BCUT2D eigenvalue weighted by molar-refractivity contribution is 8.19. The van der Waals surface area contributed by atoms with Crippen molar-refractivity contribution >= 4 is 69.7 Å². The first-order valence-electron chi connectivity index (χ1n) is 20.1. The van der Waals surface area contributed by atoms with Crippen molar-refractivity contribution in [2.24, 2.45) is 0 Å². The summed E-state index contributed by atoms with van der Waals surface area (Å²) in [7, 11) is 0. The number of thiophene rings is 2. The average molecular weight is 933 g/mol. The third-order valence-corrected chi connectivity index (χ3v) is 19.3. The van der Waals surface area contributed by atoms with Crippen LogP contribution in [0.1, 0.15) is 44.2 Å². The van der Waals surface area contributed by atoms with E-state index in [1.807, 2.05) is 54.1 Å². The van der Waals surface area contributed by atoms with Gasteiger partial charge in [0.1, 0.15) is 5.75 Å². The standard InChI is InChI=1S/C51H36F4OS6/c1-3-4-25-56-31-19-17-30(18-20-31)33-22-24-35(47(55)45(33)53)37-27-58-49(51-61-40-11-7-8-12-41(40)62-51)43(37)42-36(26-57-48(42)50-59-38-9-5-6-10-39(38)60-50)34-23-21-32(44(52)46(34)54)29-15-13-28(2)14-16-29/h5-24,26-27,50-51H,3-4,25H2,1-2H3. The SMILES string of the molecule is CCCCOc1ccc(-c2ccc(-c3csc(C4Sc5ccccc5S4)c3-c3c(-c4ccc(-c5ccc(C)cc5)c(F)c4F)csc3C3Sc4ccccc4S3)c(F)c2F)cc1. The van der Waals surface area contributed by atoms with Gasteiger partial charge in [-0.05, 0) is 71.6 Å². The molecular formula is C51H36F4OS6. The largest absolute Gasteiger partial charge is 0.494 e. The van der Waals surface area contributed by atoms with Gasteiger partial charge in [0.25, 0.3) is 0 Å². The molecule has 0 saturated carbocycles. The Bertz CT molecular complexity index is 2910. The fraction of sp³-hybridized carbons (Fsp3) is 0.137. The summed E-state index contributed by atoms with van der Waals surface area (Å²) < 4.78 is 72.4. The van der Waals surface area contributed by atoms with E-state index in [1.54, 1.807) is 108 Å². The second kappa shape index (κ2) is 17.7. The number of fused-ring (bicyclic) bond motifs is 2. The van der Waals surface area contributed by atoms with Crippen molar-refractivity contribution in [3.8, 4) is 61.4 Å². The van der Waals surface area contributed by atoms with Gasteiger partial charge >= 0.3 is 0 Å². The van der Waals surface area contributed by atoms with Crippen LogP contribution in [-0.2, 0) is 0 Å². The summed E-state index contributed by atoms with van der Waals surface area (Å²) in [6.45, 7) is 4.63. The molecule has 0 N–H and O–H groups in total. The van der Waals surface area contributed by atoms with Gasteiger partial charge in [-0.2, -0.15) is 0 Å². The normalized spacial score (nSPS) is 13.8. The number of benzene rings is 6. The molecule has 0 radical (unpaired) electrons. The number of hydrogen-bond acceptors (Lipinski definition) is 7. The van der Waals surface area contributed by atoms with Crippen molar-refractivity contribution in [3.05, 3.63) is 171 Å². The van der Waals surface area contributed by atoms with Crippen LogP contribution in [0, 0.1) is 30.2 Å². The third kappa shape index (κ3) is 7.73. The minimum absolute atomic E-state index is 0.105. The molecule has 310 valence electrons. The molecule has 0 amide bonds. The first-order chi connectivity index (χ1) is 30.3. The Morgan fingerprint density at radius 2 is 0.855 bits per heavy atom. The Morgan fingerprint density at radius 3 is 1.27 bits per heavy atom. The Kier molecular flexibility index (Phi) is 11.9. The van der Waals surface area contributed by atoms with Crippen LogP contribution in [0.5, 0.6) is 5.75 Å². The average Bonchev–Trinajstić information content (AvgIpc) is 4.11. The van der Waals surface area contributed by atoms with Crippen LogP contribution in [0.15, 0.2) is 152 Å². The van der Waals surface area contributed by atoms with E-state index in [1.165, 1.54) is 22.7 Å². The van der Waals surface area contributed by atoms with Gasteiger partial charge in [-0.3, -0.25) is 0 Å². The first-order valence-corrected chi connectivity index (χ1v) is 25.4. The number of thioether (sulfide) groups is 4. The van der Waals surface area contributed by atoms with Crippen LogP contribution >= 0.6 is 69.7 Å². The Balaban J connectivity index is 1.15. The maximum Gasteiger partial charge on any atom is 0.167 e. The van der Waals surface area contributed by atoms with Gasteiger partial charge in [0.05, 0.1) is 15.8 Å². The number of ether oxygens (including phenoxy) is 1. The minimum atomic E-state index is -0.971. The van der Waals surface area contributed by atoms with Gasteiger partial charge in [-0.25, -0.2) is 17.6 Å². The fourth-order valence-electron chi connectivity index (χ4n) is 7.78. The van der Waals surface area contributed by atoms with E-state index in [2.05, 4.69) is 31.2 Å². The molecule has 0 spiro atoms. The van der Waals surface area contributed by atoms with Crippen LogP contribution in [0.3, 0.4) is 0 Å². The summed E-state index contributed by atoms with van der Waals surface area (Å²) >= 11 is 9.84. The lowest BCUT2D eigenvalue weighted by molar-refractivity contribution is 0.309. The quantitative estimate of drug-likeness (QED) is 0.0941. The molecule has 0 saturated heterocycles. The van der Waals surface area contributed by atoms with Crippen LogP contribution in [-0.4, -0.2) is 6.61 Å². The summed E-state index contributed by atoms with van der Waals surface area (Å²) in [5.41, 5.74) is 5.09. The van der Waals surface area contributed by atoms with Crippen LogP contribution < -0.4 is 4.74 Å². The molecule has 2 aliphatic heterocycles. The molecule has 2 aromatic heterocycles. The van der Waals surface area contributed by atoms with Crippen LogP contribution in [0.25, 0.3) is 55.6 Å². The number of unbranched alkanes of at least 4 members (excludes halogenated alkanes) is 1. The van der Waals surface area contributed by atoms with Gasteiger partial charge in [-0.15, -0.1) is 69.7 Å². The van der Waals surface area contributed by atoms with E-state index in [0.717, 1.165) is 47.7 Å². The fourth-order valence-corrected chi connectivity index (χ4v) is 16.3. The summed E-state index contributed by atoms with van der Waals surface area (Å²) in [5, 5.41) is 3.81. The molecule has 62 heavy (non-hydrogen) atoms. The van der Waals surface area contributed by atoms with Crippen molar-refractivity contribution in [2.75, 3.05) is 6.61 Å². The predicted octanol–water partition coefficient (Wildman–Crippen LogP) is 18.0. The third-order valence-electron chi connectivity index (χ3n) is 11.0. The Hall–Kier alpha value is -4.36. The van der Waals surface area contributed by atoms with E-state index in [-0.39, 0.29) is 31.4 Å². The van der Waals surface area contributed by atoms with Crippen LogP contribution in [0.2, 0.25) is 0 Å². The zero-order chi connectivity index (χ0) is 42.5. The number of aryl methyl sites for hydroxylation is 1. The Labute approximate surface area is 383 Å². The molecule has 8 aromatic rings. The van der Waals surface area contributed by atoms with E-state index in [4.69, 9.17) is 4.74 Å². The smallest absolute Gasteiger partial charge is 0.167 e. The van der Waals surface area contributed by atoms with Gasteiger partial charge in [0.2, 0.25) is 0 Å². The first kappa shape index (κ1) is 41.6. The monoisotopic (exact) mass is 932 g/mol. The van der Waals surface area contributed by atoms with Crippen molar-refractivity contribution in [1.82, 2.24) is 0 Å². The van der Waals surface area contributed by atoms with Crippen molar-refractivity contribution < 1.29 is 22.3 Å². The molecule has 0 fully saturated rings.